The molecule has 1 aliphatic heterocycles. The lowest BCUT2D eigenvalue weighted by molar-refractivity contribution is 0.291. The second-order valence-electron chi connectivity index (χ2n) is 4.42. The predicted molar refractivity (Wildman–Crippen MR) is 60.3 cm³/mol. The van der Waals surface area contributed by atoms with Crippen LogP contribution in [-0.4, -0.2) is 35.5 Å². The largest absolute Gasteiger partial charge is 0.298 e. The standard InChI is InChI=1S/C11H19NS/c1-10-3-7-12(8-4-10)9-11(13-2)5-6-11/h3H,4-9H2,1-2H3. The maximum absolute atomic E-state index is 2.61. The summed E-state index contributed by atoms with van der Waals surface area (Å²) in [5.41, 5.74) is 1.57. The van der Waals surface area contributed by atoms with Crippen LogP contribution in [0.4, 0.5) is 0 Å². The summed E-state index contributed by atoms with van der Waals surface area (Å²) in [5, 5.41) is 0. The number of hydrogen-bond donors (Lipinski definition) is 0. The van der Waals surface area contributed by atoms with E-state index >= 15 is 0 Å². The molecule has 2 heteroatoms. The van der Waals surface area contributed by atoms with Crippen LogP contribution in [0.3, 0.4) is 0 Å². The molecule has 0 bridgehead atoms. The van der Waals surface area contributed by atoms with Crippen molar-refractivity contribution < 1.29 is 0 Å². The highest BCUT2D eigenvalue weighted by atomic mass is 32.2. The van der Waals surface area contributed by atoms with E-state index in [1.807, 2.05) is 0 Å². The Balaban J connectivity index is 1.83. The summed E-state index contributed by atoms with van der Waals surface area (Å²) < 4.78 is 0.652. The average molecular weight is 197 g/mol. The third kappa shape index (κ3) is 2.29. The van der Waals surface area contributed by atoms with E-state index in [1.54, 1.807) is 5.57 Å². The van der Waals surface area contributed by atoms with Crippen LogP contribution in [0.5, 0.6) is 0 Å². The van der Waals surface area contributed by atoms with Gasteiger partial charge >= 0.3 is 0 Å². The van der Waals surface area contributed by atoms with Gasteiger partial charge < -0.3 is 0 Å². The van der Waals surface area contributed by atoms with Crippen LogP contribution in [0.15, 0.2) is 11.6 Å². The second kappa shape index (κ2) is 3.66. The summed E-state index contributed by atoms with van der Waals surface area (Å²) in [7, 11) is 0. The fourth-order valence-corrected chi connectivity index (χ4v) is 2.75. The topological polar surface area (TPSA) is 3.24 Å². The number of thioether (sulfide) groups is 1. The molecule has 74 valence electrons. The van der Waals surface area contributed by atoms with Crippen molar-refractivity contribution in [3.8, 4) is 0 Å². The molecule has 0 atom stereocenters. The van der Waals surface area contributed by atoms with Crippen molar-refractivity contribution in [2.24, 2.45) is 0 Å². The van der Waals surface area contributed by atoms with Crippen molar-refractivity contribution >= 4 is 11.8 Å². The normalized spacial score (nSPS) is 27.1. The Morgan fingerprint density at radius 2 is 2.31 bits per heavy atom. The first kappa shape index (κ1) is 9.60. The second-order valence-corrected chi connectivity index (χ2v) is 5.70. The van der Waals surface area contributed by atoms with E-state index in [1.165, 1.54) is 38.9 Å². The van der Waals surface area contributed by atoms with Gasteiger partial charge in [0.25, 0.3) is 0 Å². The molecular formula is C11H19NS. The molecule has 13 heavy (non-hydrogen) atoms. The minimum atomic E-state index is 0.652. The van der Waals surface area contributed by atoms with Gasteiger partial charge in [-0.25, -0.2) is 0 Å². The molecule has 0 radical (unpaired) electrons. The molecule has 2 rings (SSSR count). The zero-order valence-electron chi connectivity index (χ0n) is 8.68. The summed E-state index contributed by atoms with van der Waals surface area (Å²) in [6, 6.07) is 0. The van der Waals surface area contributed by atoms with Gasteiger partial charge in [-0.15, -0.1) is 0 Å². The molecule has 0 unspecified atom stereocenters. The van der Waals surface area contributed by atoms with Gasteiger partial charge in [-0.05, 0) is 32.4 Å². The molecular weight excluding hydrogens is 178 g/mol. The first-order valence-corrected chi connectivity index (χ1v) is 6.40. The zero-order valence-corrected chi connectivity index (χ0v) is 9.49. The third-order valence-electron chi connectivity index (χ3n) is 3.27. The first-order chi connectivity index (χ1) is 6.24. The maximum atomic E-state index is 2.61. The van der Waals surface area contributed by atoms with E-state index < -0.39 is 0 Å². The smallest absolute Gasteiger partial charge is 0.0285 e. The molecule has 0 saturated heterocycles. The van der Waals surface area contributed by atoms with Crippen molar-refractivity contribution in [3.63, 3.8) is 0 Å². The van der Waals surface area contributed by atoms with Crippen molar-refractivity contribution in [2.75, 3.05) is 25.9 Å². The maximum Gasteiger partial charge on any atom is 0.0285 e. The number of rotatable bonds is 3. The monoisotopic (exact) mass is 197 g/mol. The Labute approximate surface area is 85.6 Å². The Bertz CT molecular complexity index is 218. The zero-order chi connectivity index (χ0) is 9.31. The Kier molecular flexibility index (Phi) is 2.70. The summed E-state index contributed by atoms with van der Waals surface area (Å²) in [6.45, 7) is 6.04. The van der Waals surface area contributed by atoms with E-state index in [0.717, 1.165) is 0 Å². The van der Waals surface area contributed by atoms with Gasteiger partial charge in [0.1, 0.15) is 0 Å². The van der Waals surface area contributed by atoms with E-state index in [-0.39, 0.29) is 0 Å². The van der Waals surface area contributed by atoms with Gasteiger partial charge in [-0.1, -0.05) is 11.6 Å². The molecule has 1 nitrogen and oxygen atoms in total. The molecule has 0 amide bonds. The van der Waals surface area contributed by atoms with E-state index in [2.05, 4.69) is 35.9 Å². The van der Waals surface area contributed by atoms with Crippen LogP contribution in [0.2, 0.25) is 0 Å². The lowest BCUT2D eigenvalue weighted by Crippen LogP contribution is -2.35. The lowest BCUT2D eigenvalue weighted by atomic mass is 10.1. The van der Waals surface area contributed by atoms with Gasteiger partial charge in [0.05, 0.1) is 0 Å². The first-order valence-electron chi connectivity index (χ1n) is 5.17. The number of hydrogen-bond acceptors (Lipinski definition) is 2. The van der Waals surface area contributed by atoms with Crippen LogP contribution in [0.1, 0.15) is 26.2 Å². The minimum absolute atomic E-state index is 0.652. The van der Waals surface area contributed by atoms with Gasteiger partial charge in [0, 0.05) is 24.4 Å². The highest BCUT2D eigenvalue weighted by Crippen LogP contribution is 2.47. The molecule has 0 N–H and O–H groups in total. The van der Waals surface area contributed by atoms with Crippen molar-refractivity contribution in [2.45, 2.75) is 30.9 Å². The van der Waals surface area contributed by atoms with E-state index in [4.69, 9.17) is 0 Å². The highest BCUT2D eigenvalue weighted by Gasteiger charge is 2.42. The van der Waals surface area contributed by atoms with Crippen LogP contribution in [-0.2, 0) is 0 Å². The van der Waals surface area contributed by atoms with Crippen LogP contribution in [0.25, 0.3) is 0 Å². The van der Waals surface area contributed by atoms with Crippen molar-refractivity contribution in [3.05, 3.63) is 11.6 Å². The number of nitrogens with zero attached hydrogens (tertiary/aromatic N) is 1. The van der Waals surface area contributed by atoms with Gasteiger partial charge in [0.15, 0.2) is 0 Å². The summed E-state index contributed by atoms with van der Waals surface area (Å²) in [4.78, 5) is 2.61. The molecule has 1 aliphatic carbocycles. The molecule has 1 fully saturated rings. The molecule has 0 aromatic carbocycles. The highest BCUT2D eigenvalue weighted by molar-refractivity contribution is 8.00. The Morgan fingerprint density at radius 1 is 1.54 bits per heavy atom. The van der Waals surface area contributed by atoms with Gasteiger partial charge in [-0.2, -0.15) is 11.8 Å². The molecule has 0 aromatic rings. The summed E-state index contributed by atoms with van der Waals surface area (Å²) in [6.07, 6.45) is 8.81. The molecule has 0 aromatic heterocycles. The quantitative estimate of drug-likeness (QED) is 0.640. The fraction of sp³-hybridized carbons (Fsp3) is 0.818. The molecule has 1 saturated carbocycles. The molecule has 2 aliphatic rings. The lowest BCUT2D eigenvalue weighted by Gasteiger charge is -2.28. The average Bonchev–Trinajstić information content (AvgIpc) is 2.90. The summed E-state index contributed by atoms with van der Waals surface area (Å²) in [5.74, 6) is 0. The summed E-state index contributed by atoms with van der Waals surface area (Å²) >= 11 is 2.07. The Morgan fingerprint density at radius 3 is 2.77 bits per heavy atom. The van der Waals surface area contributed by atoms with Crippen molar-refractivity contribution in [1.29, 1.82) is 0 Å². The van der Waals surface area contributed by atoms with Crippen molar-refractivity contribution in [1.82, 2.24) is 4.90 Å². The third-order valence-corrected chi connectivity index (χ3v) is 4.68. The fourth-order valence-electron chi connectivity index (χ4n) is 1.93. The van der Waals surface area contributed by atoms with E-state index in [9.17, 15) is 0 Å². The minimum Gasteiger partial charge on any atom is -0.298 e. The van der Waals surface area contributed by atoms with Crippen LogP contribution >= 0.6 is 11.8 Å². The van der Waals surface area contributed by atoms with Crippen LogP contribution < -0.4 is 0 Å². The Hall–Kier alpha value is 0.0500. The molecule has 1 heterocycles. The predicted octanol–water partition coefficient (Wildman–Crippen LogP) is 2.53. The molecule has 0 spiro atoms. The van der Waals surface area contributed by atoms with Gasteiger partial charge in [-0.3, -0.25) is 4.90 Å². The SMILES string of the molecule is CSC1(CN2CC=C(C)CC2)CC1. The van der Waals surface area contributed by atoms with Gasteiger partial charge in [0.2, 0.25) is 0 Å². The van der Waals surface area contributed by atoms with Crippen LogP contribution in [0, 0.1) is 0 Å². The van der Waals surface area contributed by atoms with E-state index in [0.29, 0.717) is 4.75 Å².